The van der Waals surface area contributed by atoms with Crippen LogP contribution >= 0.6 is 22.6 Å². The Hall–Kier alpha value is -3.40. The van der Waals surface area contributed by atoms with E-state index in [1.54, 1.807) is 7.11 Å². The van der Waals surface area contributed by atoms with Gasteiger partial charge in [-0.05, 0) is 95.7 Å². The molecule has 248 valence electrons. The Morgan fingerprint density at radius 1 is 0.609 bits per heavy atom. The summed E-state index contributed by atoms with van der Waals surface area (Å²) in [5.41, 5.74) is 3.62. The van der Waals surface area contributed by atoms with Crippen molar-refractivity contribution in [1.82, 2.24) is 15.5 Å². The zero-order chi connectivity index (χ0) is 32.8. The average molecular weight is 740 g/mol. The minimum absolute atomic E-state index is 0.123. The van der Waals surface area contributed by atoms with Gasteiger partial charge in [-0.15, -0.1) is 0 Å². The van der Waals surface area contributed by atoms with E-state index in [0.29, 0.717) is 32.4 Å². The third-order valence-corrected chi connectivity index (χ3v) is 8.73. The van der Waals surface area contributed by atoms with Crippen molar-refractivity contribution in [3.05, 3.63) is 99.1 Å². The molecule has 3 aromatic rings. The molecule has 0 unspecified atom stereocenters. The molecule has 3 aromatic carbocycles. The number of carbonyl (C=O) groups is 3. The lowest BCUT2D eigenvalue weighted by Gasteiger charge is -2.22. The summed E-state index contributed by atoms with van der Waals surface area (Å²) in [4.78, 5) is 40.1. The average Bonchev–Trinajstić information content (AvgIpc) is 3.07. The fraction of sp³-hybridized carbons (Fsp3) is 0.447. The number of hydrogen-bond acceptors (Lipinski definition) is 4. The quantitative estimate of drug-likeness (QED) is 0.0868. The second-order valence-corrected chi connectivity index (χ2v) is 13.0. The van der Waals surface area contributed by atoms with Crippen molar-refractivity contribution in [2.45, 2.75) is 77.0 Å². The minimum Gasteiger partial charge on any atom is -0.497 e. The smallest absolute Gasteiger partial charge is 0.239 e. The predicted octanol–water partition coefficient (Wildman–Crippen LogP) is 6.90. The SMILES string of the molecule is COc1ccc(CCNC(=O)CN(CC(=O)NCCc2ccccc2)C(=O)CCCCCCCCCCc2ccc(I)cc2)cc1. The maximum atomic E-state index is 13.2. The van der Waals surface area contributed by atoms with Gasteiger partial charge in [-0.1, -0.05) is 93.1 Å². The molecule has 0 aliphatic heterocycles. The first-order valence-corrected chi connectivity index (χ1v) is 17.7. The number of carbonyl (C=O) groups excluding carboxylic acids is 3. The lowest BCUT2D eigenvalue weighted by atomic mass is 10.0. The molecule has 0 atom stereocenters. The van der Waals surface area contributed by atoms with Crippen molar-refractivity contribution in [1.29, 1.82) is 0 Å². The van der Waals surface area contributed by atoms with E-state index in [1.165, 1.54) is 46.1 Å². The van der Waals surface area contributed by atoms with E-state index in [2.05, 4.69) is 57.5 Å². The van der Waals surface area contributed by atoms with Crippen molar-refractivity contribution in [2.75, 3.05) is 33.3 Å². The molecular formula is C38H50IN3O4. The Balaban J connectivity index is 1.35. The number of nitrogens with one attached hydrogen (secondary N) is 2. The van der Waals surface area contributed by atoms with Crippen molar-refractivity contribution < 1.29 is 19.1 Å². The lowest BCUT2D eigenvalue weighted by Crippen LogP contribution is -2.46. The number of halogens is 1. The molecule has 0 bridgehead atoms. The van der Waals surface area contributed by atoms with Gasteiger partial charge >= 0.3 is 0 Å². The molecule has 0 aliphatic rings. The summed E-state index contributed by atoms with van der Waals surface area (Å²) < 4.78 is 6.47. The molecule has 0 saturated carbocycles. The van der Waals surface area contributed by atoms with E-state index in [0.717, 1.165) is 42.6 Å². The number of ether oxygens (including phenoxy) is 1. The zero-order valence-electron chi connectivity index (χ0n) is 27.3. The number of benzene rings is 3. The second-order valence-electron chi connectivity index (χ2n) is 11.7. The van der Waals surface area contributed by atoms with Gasteiger partial charge < -0.3 is 20.3 Å². The van der Waals surface area contributed by atoms with E-state index in [4.69, 9.17) is 4.74 Å². The molecule has 3 rings (SSSR count). The second kappa shape index (κ2) is 22.2. The normalized spacial score (nSPS) is 10.7. The van der Waals surface area contributed by atoms with Crippen LogP contribution in [0.3, 0.4) is 0 Å². The molecule has 3 amide bonds. The topological polar surface area (TPSA) is 87.7 Å². The predicted molar refractivity (Wildman–Crippen MR) is 194 cm³/mol. The highest BCUT2D eigenvalue weighted by atomic mass is 127. The van der Waals surface area contributed by atoms with E-state index >= 15 is 0 Å². The molecule has 0 saturated heterocycles. The van der Waals surface area contributed by atoms with E-state index in [1.807, 2.05) is 54.6 Å². The van der Waals surface area contributed by atoms with Crippen LogP contribution in [0.2, 0.25) is 0 Å². The standard InChI is InChI=1S/C38H50IN3O4/c1-46-35-23-19-33(20-24-35)26-28-41-37(44)30-42(29-36(43)40-27-25-31-13-10-8-11-14-31)38(45)16-12-7-5-3-2-4-6-9-15-32-17-21-34(39)22-18-32/h8,10-11,13-14,17-24H,2-7,9,12,15-16,25-30H2,1H3,(H,40,43)(H,41,44). The van der Waals surface area contributed by atoms with Gasteiger partial charge in [0.1, 0.15) is 18.8 Å². The molecule has 7 nitrogen and oxygen atoms in total. The molecule has 0 heterocycles. The van der Waals surface area contributed by atoms with Crippen LogP contribution < -0.4 is 15.4 Å². The molecule has 0 aliphatic carbocycles. The minimum atomic E-state index is -0.263. The van der Waals surface area contributed by atoms with Crippen LogP contribution in [0.5, 0.6) is 5.75 Å². The molecule has 0 radical (unpaired) electrons. The molecule has 0 aromatic heterocycles. The first kappa shape index (κ1) is 37.1. The number of nitrogens with zero attached hydrogens (tertiary/aromatic N) is 1. The fourth-order valence-corrected chi connectivity index (χ4v) is 5.65. The number of hydrogen-bond donors (Lipinski definition) is 2. The fourth-order valence-electron chi connectivity index (χ4n) is 5.30. The highest BCUT2D eigenvalue weighted by Crippen LogP contribution is 2.14. The van der Waals surface area contributed by atoms with Crippen LogP contribution in [0, 0.1) is 3.57 Å². The summed E-state index contributed by atoms with van der Waals surface area (Å²) in [5.74, 6) is 0.116. The van der Waals surface area contributed by atoms with E-state index < -0.39 is 0 Å². The zero-order valence-corrected chi connectivity index (χ0v) is 29.4. The Morgan fingerprint density at radius 2 is 1.09 bits per heavy atom. The van der Waals surface area contributed by atoms with Gasteiger partial charge in [-0.25, -0.2) is 0 Å². The van der Waals surface area contributed by atoms with E-state index in [-0.39, 0.29) is 30.8 Å². The number of methoxy groups -OCH3 is 1. The first-order chi connectivity index (χ1) is 22.4. The summed E-state index contributed by atoms with van der Waals surface area (Å²) in [6.07, 6.45) is 11.8. The monoisotopic (exact) mass is 739 g/mol. The van der Waals surface area contributed by atoms with Crippen LogP contribution in [-0.4, -0.2) is 55.9 Å². The van der Waals surface area contributed by atoms with Crippen molar-refractivity contribution in [2.24, 2.45) is 0 Å². The van der Waals surface area contributed by atoms with Gasteiger partial charge in [0.2, 0.25) is 17.7 Å². The van der Waals surface area contributed by atoms with Gasteiger partial charge in [0.05, 0.1) is 7.11 Å². The van der Waals surface area contributed by atoms with Crippen molar-refractivity contribution >= 4 is 40.3 Å². The van der Waals surface area contributed by atoms with Crippen LogP contribution in [0.25, 0.3) is 0 Å². The van der Waals surface area contributed by atoms with Gasteiger partial charge in [0.25, 0.3) is 0 Å². The Kier molecular flexibility index (Phi) is 17.9. The van der Waals surface area contributed by atoms with Crippen LogP contribution in [-0.2, 0) is 33.6 Å². The molecule has 46 heavy (non-hydrogen) atoms. The largest absolute Gasteiger partial charge is 0.497 e. The first-order valence-electron chi connectivity index (χ1n) is 16.7. The van der Waals surface area contributed by atoms with Crippen LogP contribution in [0.1, 0.15) is 74.5 Å². The number of aryl methyl sites for hydroxylation is 1. The Bertz CT molecular complexity index is 1300. The Morgan fingerprint density at radius 3 is 1.65 bits per heavy atom. The lowest BCUT2D eigenvalue weighted by molar-refractivity contribution is -0.139. The Labute approximate surface area is 289 Å². The van der Waals surface area contributed by atoms with Crippen LogP contribution in [0.4, 0.5) is 0 Å². The van der Waals surface area contributed by atoms with Gasteiger partial charge in [0.15, 0.2) is 0 Å². The molecule has 2 N–H and O–H groups in total. The summed E-state index contributed by atoms with van der Waals surface area (Å²) in [6.45, 7) is 0.671. The summed E-state index contributed by atoms with van der Waals surface area (Å²) in [6, 6.07) is 26.4. The van der Waals surface area contributed by atoms with Gasteiger partial charge in [-0.3, -0.25) is 14.4 Å². The number of amides is 3. The van der Waals surface area contributed by atoms with Gasteiger partial charge in [0, 0.05) is 23.1 Å². The summed E-state index contributed by atoms with van der Waals surface area (Å²) in [5, 5.41) is 5.81. The molecule has 0 spiro atoms. The third-order valence-electron chi connectivity index (χ3n) is 8.01. The molecule has 0 fully saturated rings. The summed E-state index contributed by atoms with van der Waals surface area (Å²) >= 11 is 2.34. The summed E-state index contributed by atoms with van der Waals surface area (Å²) in [7, 11) is 1.63. The van der Waals surface area contributed by atoms with Gasteiger partial charge in [-0.2, -0.15) is 0 Å². The molecular weight excluding hydrogens is 689 g/mol. The van der Waals surface area contributed by atoms with Crippen molar-refractivity contribution in [3.63, 3.8) is 0 Å². The maximum absolute atomic E-state index is 13.2. The van der Waals surface area contributed by atoms with E-state index in [9.17, 15) is 14.4 Å². The highest BCUT2D eigenvalue weighted by molar-refractivity contribution is 14.1. The third kappa shape index (κ3) is 15.7. The number of rotatable bonds is 22. The van der Waals surface area contributed by atoms with Crippen LogP contribution in [0.15, 0.2) is 78.9 Å². The number of unbranched alkanes of at least 4 members (excludes halogenated alkanes) is 7. The maximum Gasteiger partial charge on any atom is 0.239 e. The van der Waals surface area contributed by atoms with Crippen molar-refractivity contribution in [3.8, 4) is 5.75 Å². The molecule has 8 heteroatoms. The highest BCUT2D eigenvalue weighted by Gasteiger charge is 2.20.